The molecule has 1 aromatic rings. The number of aliphatic hydroxyl groups excluding tert-OH is 1. The molecule has 0 aliphatic carbocycles. The van der Waals surface area contributed by atoms with Crippen molar-refractivity contribution in [2.75, 3.05) is 26.2 Å². The molecule has 1 amide bonds. The minimum absolute atomic E-state index is 0.187. The second-order valence-electron chi connectivity index (χ2n) is 7.71. The first-order valence-electron chi connectivity index (χ1n) is 9.17. The third kappa shape index (κ3) is 4.39. The number of amides is 1. The van der Waals surface area contributed by atoms with Crippen LogP contribution in [0.1, 0.15) is 43.7 Å². The highest BCUT2D eigenvalue weighted by Gasteiger charge is 2.40. The number of nitrogens with zero attached hydrogens (tertiary/aromatic N) is 3. The Labute approximate surface area is 149 Å². The SMILES string of the molecule is C[C@@H](O)CN1CC2(CCC1=O)CCN(Cc1ccc(C#N)cc1)CC2. The minimum Gasteiger partial charge on any atom is -0.392 e. The normalized spacial score (nSPS) is 22.0. The molecule has 2 aliphatic heterocycles. The van der Waals surface area contributed by atoms with Crippen molar-refractivity contribution in [2.24, 2.45) is 5.41 Å². The second kappa shape index (κ2) is 7.55. The molecule has 0 radical (unpaired) electrons. The lowest BCUT2D eigenvalue weighted by molar-refractivity contribution is -0.140. The molecule has 2 saturated heterocycles. The van der Waals surface area contributed by atoms with Crippen molar-refractivity contribution in [1.82, 2.24) is 9.80 Å². The Hall–Kier alpha value is -1.90. The van der Waals surface area contributed by atoms with Crippen molar-refractivity contribution in [3.05, 3.63) is 35.4 Å². The first-order chi connectivity index (χ1) is 12.0. The molecule has 0 unspecified atom stereocenters. The summed E-state index contributed by atoms with van der Waals surface area (Å²) in [6.45, 7) is 5.98. The first kappa shape index (κ1) is 17.9. The summed E-state index contributed by atoms with van der Waals surface area (Å²) in [5.41, 5.74) is 2.17. The highest BCUT2D eigenvalue weighted by Crippen LogP contribution is 2.40. The van der Waals surface area contributed by atoms with Crippen molar-refractivity contribution >= 4 is 5.91 Å². The summed E-state index contributed by atoms with van der Waals surface area (Å²) < 4.78 is 0. The van der Waals surface area contributed by atoms with Gasteiger partial charge in [0.1, 0.15) is 0 Å². The largest absolute Gasteiger partial charge is 0.392 e. The Morgan fingerprint density at radius 3 is 2.52 bits per heavy atom. The number of β-amino-alcohol motifs (C(OH)–C–C–N with tert-alkyl or cyclic N) is 1. The molecule has 1 aromatic carbocycles. The molecule has 5 nitrogen and oxygen atoms in total. The fourth-order valence-corrected chi connectivity index (χ4v) is 4.12. The highest BCUT2D eigenvalue weighted by atomic mass is 16.3. The zero-order chi connectivity index (χ0) is 17.9. The zero-order valence-electron chi connectivity index (χ0n) is 14.9. The summed E-state index contributed by atoms with van der Waals surface area (Å²) >= 11 is 0. The van der Waals surface area contributed by atoms with Crippen LogP contribution in [0, 0.1) is 16.7 Å². The van der Waals surface area contributed by atoms with Crippen LogP contribution in [0.4, 0.5) is 0 Å². The average molecular weight is 341 g/mol. The van der Waals surface area contributed by atoms with Gasteiger partial charge in [0.2, 0.25) is 5.91 Å². The van der Waals surface area contributed by atoms with Crippen LogP contribution in [-0.2, 0) is 11.3 Å². The molecule has 0 bridgehead atoms. The molecule has 2 fully saturated rings. The van der Waals surface area contributed by atoms with Crippen LogP contribution < -0.4 is 0 Å². The van der Waals surface area contributed by atoms with E-state index in [1.807, 2.05) is 29.2 Å². The summed E-state index contributed by atoms with van der Waals surface area (Å²) in [6.07, 6.45) is 3.34. The van der Waals surface area contributed by atoms with Crippen LogP contribution in [0.3, 0.4) is 0 Å². The Morgan fingerprint density at radius 1 is 1.24 bits per heavy atom. The van der Waals surface area contributed by atoms with Crippen molar-refractivity contribution in [2.45, 2.75) is 45.3 Å². The number of rotatable bonds is 4. The summed E-state index contributed by atoms with van der Waals surface area (Å²) in [5.74, 6) is 0.187. The van der Waals surface area contributed by atoms with Crippen LogP contribution in [0.2, 0.25) is 0 Å². The maximum absolute atomic E-state index is 12.1. The third-order valence-electron chi connectivity index (χ3n) is 5.64. The molecule has 3 rings (SSSR count). The molecule has 1 N–H and O–H groups in total. The zero-order valence-corrected chi connectivity index (χ0v) is 14.9. The van der Waals surface area contributed by atoms with E-state index in [1.165, 1.54) is 5.56 Å². The number of piperidine rings is 2. The lowest BCUT2D eigenvalue weighted by atomic mass is 9.72. The predicted molar refractivity (Wildman–Crippen MR) is 95.6 cm³/mol. The van der Waals surface area contributed by atoms with Crippen LogP contribution in [0.5, 0.6) is 0 Å². The topological polar surface area (TPSA) is 67.6 Å². The molecular formula is C20H27N3O2. The molecule has 0 aromatic heterocycles. The van der Waals surface area contributed by atoms with E-state index in [4.69, 9.17) is 5.26 Å². The number of hydrogen-bond acceptors (Lipinski definition) is 4. The van der Waals surface area contributed by atoms with Gasteiger partial charge >= 0.3 is 0 Å². The van der Waals surface area contributed by atoms with E-state index in [0.29, 0.717) is 18.5 Å². The number of carbonyl (C=O) groups is 1. The monoisotopic (exact) mass is 341 g/mol. The van der Waals surface area contributed by atoms with E-state index in [2.05, 4.69) is 11.0 Å². The van der Waals surface area contributed by atoms with Gasteiger partial charge in [-0.2, -0.15) is 5.26 Å². The van der Waals surface area contributed by atoms with Gasteiger partial charge in [-0.1, -0.05) is 12.1 Å². The fraction of sp³-hybridized carbons (Fsp3) is 0.600. The second-order valence-corrected chi connectivity index (χ2v) is 7.71. The molecule has 5 heteroatoms. The third-order valence-corrected chi connectivity index (χ3v) is 5.64. The van der Waals surface area contributed by atoms with E-state index in [9.17, 15) is 9.90 Å². The van der Waals surface area contributed by atoms with Gasteiger partial charge in [-0.25, -0.2) is 0 Å². The van der Waals surface area contributed by atoms with E-state index in [1.54, 1.807) is 6.92 Å². The van der Waals surface area contributed by atoms with Crippen molar-refractivity contribution in [3.63, 3.8) is 0 Å². The van der Waals surface area contributed by atoms with Crippen molar-refractivity contribution < 1.29 is 9.90 Å². The highest BCUT2D eigenvalue weighted by molar-refractivity contribution is 5.77. The maximum Gasteiger partial charge on any atom is 0.222 e. The molecule has 2 heterocycles. The lowest BCUT2D eigenvalue weighted by Gasteiger charge is -2.47. The van der Waals surface area contributed by atoms with Gasteiger partial charge in [0.15, 0.2) is 0 Å². The van der Waals surface area contributed by atoms with Gasteiger partial charge in [-0.05, 0) is 62.4 Å². The van der Waals surface area contributed by atoms with Crippen molar-refractivity contribution in [1.29, 1.82) is 5.26 Å². The van der Waals surface area contributed by atoms with Gasteiger partial charge in [0.25, 0.3) is 0 Å². The standard InChI is InChI=1S/C20H27N3O2/c1-16(24)13-23-15-20(7-6-19(23)25)8-10-22(11-9-20)14-18-4-2-17(12-21)3-5-18/h2-5,16,24H,6-11,13-15H2,1H3/t16-/m1/s1. The molecule has 1 atom stereocenters. The van der Waals surface area contributed by atoms with E-state index in [0.717, 1.165) is 45.4 Å². The van der Waals surface area contributed by atoms with Crippen LogP contribution in [0.25, 0.3) is 0 Å². The van der Waals surface area contributed by atoms with Crippen molar-refractivity contribution in [3.8, 4) is 6.07 Å². The van der Waals surface area contributed by atoms with Gasteiger partial charge in [-0.3, -0.25) is 9.69 Å². The van der Waals surface area contributed by atoms with Crippen LogP contribution in [-0.4, -0.2) is 53.1 Å². The summed E-state index contributed by atoms with van der Waals surface area (Å²) in [4.78, 5) is 16.4. The number of likely N-dealkylation sites (tertiary alicyclic amines) is 2. The molecule has 1 spiro atoms. The van der Waals surface area contributed by atoms with E-state index >= 15 is 0 Å². The van der Waals surface area contributed by atoms with E-state index < -0.39 is 6.10 Å². The molecular weight excluding hydrogens is 314 g/mol. The number of nitriles is 1. The Bertz CT molecular complexity index is 640. The van der Waals surface area contributed by atoms with E-state index in [-0.39, 0.29) is 11.3 Å². The maximum atomic E-state index is 12.1. The van der Waals surface area contributed by atoms with Crippen LogP contribution >= 0.6 is 0 Å². The van der Waals surface area contributed by atoms with Gasteiger partial charge in [-0.15, -0.1) is 0 Å². The minimum atomic E-state index is -0.462. The van der Waals surface area contributed by atoms with Gasteiger partial charge in [0.05, 0.1) is 17.7 Å². The Morgan fingerprint density at radius 2 is 1.92 bits per heavy atom. The average Bonchev–Trinajstić information content (AvgIpc) is 2.61. The first-order valence-corrected chi connectivity index (χ1v) is 9.17. The number of carbonyl (C=O) groups excluding carboxylic acids is 1. The molecule has 2 aliphatic rings. The fourth-order valence-electron chi connectivity index (χ4n) is 4.12. The number of benzene rings is 1. The predicted octanol–water partition coefficient (Wildman–Crippen LogP) is 2.14. The molecule has 134 valence electrons. The summed E-state index contributed by atoms with van der Waals surface area (Å²) in [7, 11) is 0. The molecule has 25 heavy (non-hydrogen) atoms. The van der Waals surface area contributed by atoms with Gasteiger partial charge < -0.3 is 10.0 Å². The quantitative estimate of drug-likeness (QED) is 0.911. The smallest absolute Gasteiger partial charge is 0.222 e. The number of aliphatic hydroxyl groups is 1. The Balaban J connectivity index is 1.55. The Kier molecular flexibility index (Phi) is 5.41. The summed E-state index contributed by atoms with van der Waals surface area (Å²) in [5, 5.41) is 18.5. The lowest BCUT2D eigenvalue weighted by Crippen LogP contribution is -2.52. The van der Waals surface area contributed by atoms with Crippen LogP contribution in [0.15, 0.2) is 24.3 Å². The summed E-state index contributed by atoms with van der Waals surface area (Å²) in [6, 6.07) is 9.98. The number of hydrogen-bond donors (Lipinski definition) is 1. The molecule has 0 saturated carbocycles. The van der Waals surface area contributed by atoms with Gasteiger partial charge in [0, 0.05) is 26.1 Å².